The molecule has 1 aromatic carbocycles. The lowest BCUT2D eigenvalue weighted by atomic mass is 10.1. The first-order valence-corrected chi connectivity index (χ1v) is 10.9. The monoisotopic (exact) mass is 514 g/mol. The SMILES string of the molecule is C=C.C=C/C=C\c1oc(C(=O)O)cc(=O)c1C.COCC(O)COc1cccc2c1CC=C(C(=O)O)O2. The zero-order valence-electron chi connectivity index (χ0n) is 20.6. The minimum absolute atomic E-state index is 0.0888. The Kier molecular flexibility index (Phi) is 12.9. The molecule has 10 nitrogen and oxygen atoms in total. The third-order valence-corrected chi connectivity index (χ3v) is 4.62. The summed E-state index contributed by atoms with van der Waals surface area (Å²) in [5.41, 5.74) is 0.780. The highest BCUT2D eigenvalue weighted by atomic mass is 16.5. The molecule has 0 saturated heterocycles. The number of hydrogen-bond donors (Lipinski definition) is 3. The number of aliphatic hydroxyl groups excluding tert-OH is 1. The summed E-state index contributed by atoms with van der Waals surface area (Å²) in [5, 5.41) is 27.1. The Morgan fingerprint density at radius 1 is 1.19 bits per heavy atom. The Bertz CT molecular complexity index is 1210. The normalized spacial score (nSPS) is 12.4. The van der Waals surface area contributed by atoms with Gasteiger partial charge in [-0.25, -0.2) is 9.59 Å². The number of methoxy groups -OCH3 is 1. The molecule has 3 rings (SSSR count). The van der Waals surface area contributed by atoms with Crippen molar-refractivity contribution in [2.24, 2.45) is 0 Å². The standard InChI is InChI=1S/C14H16O6.C11H10O4.C2H4/c1-18-7-9(15)8-19-11-3-2-4-12-10(11)5-6-13(20-12)14(16)17;1-3-4-5-9-7(2)8(12)6-10(15-9)11(13)14;1-2/h2-4,6,9,15H,5,7-8H2,1H3,(H,16,17);3-6H,1H2,2H3,(H,13,14);1-2H2/b;5-4-;. The fourth-order valence-electron chi connectivity index (χ4n) is 2.88. The van der Waals surface area contributed by atoms with E-state index >= 15 is 0 Å². The number of aromatic carboxylic acids is 1. The van der Waals surface area contributed by atoms with Crippen LogP contribution in [0.25, 0.3) is 6.08 Å². The van der Waals surface area contributed by atoms with E-state index in [1.165, 1.54) is 25.3 Å². The molecule has 1 unspecified atom stereocenters. The van der Waals surface area contributed by atoms with Gasteiger partial charge in [-0.15, -0.1) is 13.2 Å². The lowest BCUT2D eigenvalue weighted by molar-refractivity contribution is -0.135. The zero-order chi connectivity index (χ0) is 28.0. The summed E-state index contributed by atoms with van der Waals surface area (Å²) in [5.74, 6) is -1.55. The highest BCUT2D eigenvalue weighted by molar-refractivity contribution is 5.85. The van der Waals surface area contributed by atoms with Crippen molar-refractivity contribution < 1.29 is 43.5 Å². The van der Waals surface area contributed by atoms with Gasteiger partial charge in [-0.05, 0) is 31.2 Å². The first-order valence-electron chi connectivity index (χ1n) is 10.9. The molecule has 1 atom stereocenters. The number of allylic oxidation sites excluding steroid dienone is 3. The number of aliphatic hydroxyl groups is 1. The van der Waals surface area contributed by atoms with Gasteiger partial charge in [0.05, 0.1) is 6.61 Å². The number of rotatable bonds is 9. The van der Waals surface area contributed by atoms with Gasteiger partial charge in [0, 0.05) is 30.7 Å². The largest absolute Gasteiger partial charge is 0.490 e. The second kappa shape index (κ2) is 15.6. The maximum absolute atomic E-state index is 11.3. The Balaban J connectivity index is 0.000000360. The van der Waals surface area contributed by atoms with E-state index in [2.05, 4.69) is 19.7 Å². The van der Waals surface area contributed by atoms with Crippen LogP contribution in [-0.2, 0) is 16.0 Å². The maximum atomic E-state index is 11.3. The van der Waals surface area contributed by atoms with Crippen molar-refractivity contribution in [1.82, 2.24) is 0 Å². The average molecular weight is 515 g/mol. The number of carboxylic acid groups (broad SMARTS) is 2. The molecule has 1 aromatic heterocycles. The Labute approximate surface area is 214 Å². The smallest absolute Gasteiger partial charge is 0.371 e. The second-order valence-electron chi connectivity index (χ2n) is 7.20. The van der Waals surface area contributed by atoms with Crippen molar-refractivity contribution in [3.8, 4) is 11.5 Å². The quantitative estimate of drug-likeness (QED) is 0.334. The minimum atomic E-state index is -1.26. The van der Waals surface area contributed by atoms with Gasteiger partial charge >= 0.3 is 11.9 Å². The fraction of sp³-hybridized carbons (Fsp3) is 0.222. The molecule has 2 aromatic rings. The van der Waals surface area contributed by atoms with Crippen molar-refractivity contribution in [3.05, 3.63) is 101 Å². The second-order valence-corrected chi connectivity index (χ2v) is 7.20. The molecular weight excluding hydrogens is 484 g/mol. The Hall–Kier alpha value is -4.41. The van der Waals surface area contributed by atoms with Crippen molar-refractivity contribution in [2.45, 2.75) is 19.4 Å². The third kappa shape index (κ3) is 9.28. The summed E-state index contributed by atoms with van der Waals surface area (Å²) < 4.78 is 20.6. The molecular formula is C27H30O10. The molecule has 0 radical (unpaired) electrons. The van der Waals surface area contributed by atoms with Crippen LogP contribution in [0.5, 0.6) is 11.5 Å². The molecule has 1 aliphatic rings. The molecule has 0 spiro atoms. The van der Waals surface area contributed by atoms with Crippen LogP contribution in [0, 0.1) is 6.92 Å². The van der Waals surface area contributed by atoms with Crippen LogP contribution < -0.4 is 14.9 Å². The van der Waals surface area contributed by atoms with Gasteiger partial charge in [0.1, 0.15) is 30.0 Å². The van der Waals surface area contributed by atoms with Gasteiger partial charge < -0.3 is 33.9 Å². The highest BCUT2D eigenvalue weighted by Crippen LogP contribution is 2.33. The number of aliphatic carboxylic acids is 1. The van der Waals surface area contributed by atoms with Crippen molar-refractivity contribution in [3.63, 3.8) is 0 Å². The maximum Gasteiger partial charge on any atom is 0.371 e. The van der Waals surface area contributed by atoms with Crippen molar-refractivity contribution >= 4 is 18.0 Å². The summed E-state index contributed by atoms with van der Waals surface area (Å²) in [7, 11) is 1.50. The van der Waals surface area contributed by atoms with Gasteiger partial charge in [-0.2, -0.15) is 0 Å². The molecule has 0 amide bonds. The first-order chi connectivity index (χ1) is 17.7. The Morgan fingerprint density at radius 3 is 2.49 bits per heavy atom. The summed E-state index contributed by atoms with van der Waals surface area (Å²) in [4.78, 5) is 32.8. The number of benzene rings is 1. The number of hydrogen-bond acceptors (Lipinski definition) is 8. The van der Waals surface area contributed by atoms with Crippen LogP contribution >= 0.6 is 0 Å². The molecule has 0 aliphatic carbocycles. The summed E-state index contributed by atoms with van der Waals surface area (Å²) >= 11 is 0. The Morgan fingerprint density at radius 2 is 1.89 bits per heavy atom. The van der Waals surface area contributed by atoms with E-state index in [0.29, 0.717) is 23.5 Å². The topological polar surface area (TPSA) is 153 Å². The predicted molar refractivity (Wildman–Crippen MR) is 137 cm³/mol. The molecule has 37 heavy (non-hydrogen) atoms. The van der Waals surface area contributed by atoms with Crippen LogP contribution in [0.3, 0.4) is 0 Å². The lowest BCUT2D eigenvalue weighted by Crippen LogP contribution is -2.23. The minimum Gasteiger partial charge on any atom is -0.490 e. The summed E-state index contributed by atoms with van der Waals surface area (Å²) in [6.07, 6.45) is 5.75. The van der Waals surface area contributed by atoms with Crippen molar-refractivity contribution in [2.75, 3.05) is 20.3 Å². The number of ether oxygens (including phenoxy) is 3. The van der Waals surface area contributed by atoms with Gasteiger partial charge in [-0.1, -0.05) is 24.8 Å². The summed E-state index contributed by atoms with van der Waals surface area (Å²) in [6.45, 7) is 11.3. The van der Waals surface area contributed by atoms with E-state index < -0.39 is 18.0 Å². The number of fused-ring (bicyclic) bond motifs is 1. The van der Waals surface area contributed by atoms with Gasteiger partial charge in [-0.3, -0.25) is 4.79 Å². The molecule has 0 saturated carbocycles. The lowest BCUT2D eigenvalue weighted by Gasteiger charge is -2.19. The van der Waals surface area contributed by atoms with Crippen LogP contribution in [0.1, 0.15) is 27.4 Å². The molecule has 1 aliphatic heterocycles. The van der Waals surface area contributed by atoms with E-state index in [9.17, 15) is 19.5 Å². The van der Waals surface area contributed by atoms with E-state index in [0.717, 1.165) is 11.6 Å². The molecule has 198 valence electrons. The van der Waals surface area contributed by atoms with E-state index in [1.54, 1.807) is 31.2 Å². The van der Waals surface area contributed by atoms with E-state index in [1.807, 2.05) is 0 Å². The van der Waals surface area contributed by atoms with E-state index in [-0.39, 0.29) is 35.9 Å². The molecule has 2 heterocycles. The van der Waals surface area contributed by atoms with Gasteiger partial charge in [0.15, 0.2) is 5.43 Å². The predicted octanol–water partition coefficient (Wildman–Crippen LogP) is 3.62. The van der Waals surface area contributed by atoms with Crippen LogP contribution in [0.2, 0.25) is 0 Å². The molecule has 0 fully saturated rings. The molecule has 3 N–H and O–H groups in total. The fourth-order valence-corrected chi connectivity index (χ4v) is 2.88. The molecule has 10 heteroatoms. The van der Waals surface area contributed by atoms with Gasteiger partial charge in [0.2, 0.25) is 11.5 Å². The summed E-state index contributed by atoms with van der Waals surface area (Å²) in [6, 6.07) is 6.11. The molecule has 0 bridgehead atoms. The van der Waals surface area contributed by atoms with Crippen LogP contribution in [-0.4, -0.2) is 53.7 Å². The number of carbonyl (C=O) groups is 2. The highest BCUT2D eigenvalue weighted by Gasteiger charge is 2.21. The van der Waals surface area contributed by atoms with Gasteiger partial charge in [0.25, 0.3) is 0 Å². The van der Waals surface area contributed by atoms with Crippen LogP contribution in [0.4, 0.5) is 0 Å². The zero-order valence-corrected chi connectivity index (χ0v) is 20.6. The van der Waals surface area contributed by atoms with Crippen molar-refractivity contribution in [1.29, 1.82) is 0 Å². The van der Waals surface area contributed by atoms with Crippen LogP contribution in [0.15, 0.2) is 77.2 Å². The third-order valence-electron chi connectivity index (χ3n) is 4.62. The van der Waals surface area contributed by atoms with E-state index in [4.69, 9.17) is 28.8 Å². The average Bonchev–Trinajstić information content (AvgIpc) is 2.89. The first kappa shape index (κ1) is 30.6. The number of carboxylic acids is 2.